The van der Waals surface area contributed by atoms with E-state index < -0.39 is 0 Å². The molecule has 0 atom stereocenters. The summed E-state index contributed by atoms with van der Waals surface area (Å²) in [6, 6.07) is 19.2. The lowest BCUT2D eigenvalue weighted by Crippen LogP contribution is -2.51. The molecule has 1 aromatic heterocycles. The number of carbonyl (C=O) groups is 2. The molecule has 154 valence electrons. The molecule has 4 rings (SSSR count). The number of thiophene rings is 1. The Morgan fingerprint density at radius 3 is 2.30 bits per heavy atom. The molecule has 1 aliphatic heterocycles. The van der Waals surface area contributed by atoms with Gasteiger partial charge in [-0.05, 0) is 34.7 Å². The van der Waals surface area contributed by atoms with Gasteiger partial charge in [0.15, 0.2) is 6.61 Å². The summed E-state index contributed by atoms with van der Waals surface area (Å²) in [7, 11) is 0. The van der Waals surface area contributed by atoms with Gasteiger partial charge in [0.2, 0.25) is 0 Å². The summed E-state index contributed by atoms with van der Waals surface area (Å²) in [5, 5.41) is 2.36. The van der Waals surface area contributed by atoms with Crippen LogP contribution in [0.5, 0.6) is 5.75 Å². The standard InChI is InChI=1S/C23H21ClN2O3S/c24-19-15-18(17-5-2-1-3-6-17)8-9-20(19)29-16-22(27)25-10-12-26(13-11-25)23(28)21-7-4-14-30-21/h1-9,14-15H,10-13,16H2. The number of amides is 2. The molecule has 0 bridgehead atoms. The Morgan fingerprint density at radius 2 is 1.63 bits per heavy atom. The van der Waals surface area contributed by atoms with Gasteiger partial charge < -0.3 is 14.5 Å². The number of piperazine rings is 1. The van der Waals surface area contributed by atoms with Crippen LogP contribution in [0.1, 0.15) is 9.67 Å². The minimum Gasteiger partial charge on any atom is -0.482 e. The van der Waals surface area contributed by atoms with Crippen LogP contribution in [0, 0.1) is 0 Å². The molecule has 1 saturated heterocycles. The van der Waals surface area contributed by atoms with Crippen LogP contribution in [0.3, 0.4) is 0 Å². The van der Waals surface area contributed by atoms with Gasteiger partial charge >= 0.3 is 0 Å². The highest BCUT2D eigenvalue weighted by molar-refractivity contribution is 7.12. The van der Waals surface area contributed by atoms with Crippen LogP contribution in [-0.2, 0) is 4.79 Å². The Bertz CT molecular complexity index is 1020. The first-order chi connectivity index (χ1) is 14.6. The minimum absolute atomic E-state index is 0.0265. The quantitative estimate of drug-likeness (QED) is 0.589. The van der Waals surface area contributed by atoms with Crippen molar-refractivity contribution in [3.8, 4) is 16.9 Å². The van der Waals surface area contributed by atoms with Gasteiger partial charge in [0.25, 0.3) is 11.8 Å². The highest BCUT2D eigenvalue weighted by Gasteiger charge is 2.25. The van der Waals surface area contributed by atoms with Crippen molar-refractivity contribution in [2.45, 2.75) is 0 Å². The average molecular weight is 441 g/mol. The Morgan fingerprint density at radius 1 is 0.900 bits per heavy atom. The van der Waals surface area contributed by atoms with Crippen molar-refractivity contribution in [3.63, 3.8) is 0 Å². The molecule has 1 aliphatic rings. The van der Waals surface area contributed by atoms with Gasteiger partial charge in [-0.3, -0.25) is 9.59 Å². The van der Waals surface area contributed by atoms with E-state index in [1.807, 2.05) is 60.0 Å². The Balaban J connectivity index is 1.29. The zero-order chi connectivity index (χ0) is 20.9. The summed E-state index contributed by atoms with van der Waals surface area (Å²) >= 11 is 7.79. The first kappa shape index (κ1) is 20.4. The summed E-state index contributed by atoms with van der Waals surface area (Å²) in [6.07, 6.45) is 0. The van der Waals surface area contributed by atoms with Crippen molar-refractivity contribution in [3.05, 3.63) is 75.9 Å². The lowest BCUT2D eigenvalue weighted by atomic mass is 10.1. The fourth-order valence-electron chi connectivity index (χ4n) is 3.37. The largest absolute Gasteiger partial charge is 0.482 e. The summed E-state index contributed by atoms with van der Waals surface area (Å²) in [5.74, 6) is 0.399. The van der Waals surface area contributed by atoms with Crippen LogP contribution in [0.4, 0.5) is 0 Å². The van der Waals surface area contributed by atoms with E-state index in [0.717, 1.165) is 16.0 Å². The van der Waals surface area contributed by atoms with E-state index in [0.29, 0.717) is 37.0 Å². The molecule has 0 saturated carbocycles. The van der Waals surface area contributed by atoms with Crippen molar-refractivity contribution in [1.82, 2.24) is 9.80 Å². The molecular weight excluding hydrogens is 420 g/mol. The second kappa shape index (κ2) is 9.32. The Hall–Kier alpha value is -2.83. The predicted octanol–water partition coefficient (Wildman–Crippen LogP) is 4.43. The average Bonchev–Trinajstić information content (AvgIpc) is 3.33. The molecule has 0 N–H and O–H groups in total. The second-order valence-corrected chi connectivity index (χ2v) is 8.31. The van der Waals surface area contributed by atoms with Gasteiger partial charge in [-0.1, -0.05) is 54.1 Å². The number of ether oxygens (including phenoxy) is 1. The maximum atomic E-state index is 12.5. The van der Waals surface area contributed by atoms with Crippen LogP contribution in [0.2, 0.25) is 5.02 Å². The first-order valence-corrected chi connectivity index (χ1v) is 11.0. The Labute approximate surface area is 184 Å². The number of hydrogen-bond acceptors (Lipinski definition) is 4. The van der Waals surface area contributed by atoms with Crippen molar-refractivity contribution in [2.24, 2.45) is 0 Å². The number of rotatable bonds is 5. The predicted molar refractivity (Wildman–Crippen MR) is 119 cm³/mol. The third-order valence-corrected chi connectivity index (χ3v) is 6.19. The van der Waals surface area contributed by atoms with Crippen LogP contribution in [0.15, 0.2) is 66.0 Å². The minimum atomic E-state index is -0.110. The fraction of sp³-hybridized carbons (Fsp3) is 0.217. The van der Waals surface area contributed by atoms with E-state index in [1.165, 1.54) is 11.3 Å². The number of carbonyl (C=O) groups excluding carboxylic acids is 2. The van der Waals surface area contributed by atoms with Gasteiger partial charge in [-0.2, -0.15) is 0 Å². The number of nitrogens with zero attached hydrogens (tertiary/aromatic N) is 2. The highest BCUT2D eigenvalue weighted by atomic mass is 35.5. The lowest BCUT2D eigenvalue weighted by Gasteiger charge is -2.34. The molecule has 2 amide bonds. The van der Waals surface area contributed by atoms with Crippen molar-refractivity contribution < 1.29 is 14.3 Å². The van der Waals surface area contributed by atoms with Gasteiger partial charge in [0, 0.05) is 26.2 Å². The van der Waals surface area contributed by atoms with Crippen molar-refractivity contribution >= 4 is 34.8 Å². The van der Waals surface area contributed by atoms with Crippen molar-refractivity contribution in [2.75, 3.05) is 32.8 Å². The van der Waals surface area contributed by atoms with Gasteiger partial charge in [0.05, 0.1) is 9.90 Å². The van der Waals surface area contributed by atoms with E-state index in [4.69, 9.17) is 16.3 Å². The third kappa shape index (κ3) is 4.66. The SMILES string of the molecule is O=C(COc1ccc(-c2ccccc2)cc1Cl)N1CCN(C(=O)c2cccs2)CC1. The fourth-order valence-corrected chi connectivity index (χ4v) is 4.30. The molecule has 0 unspecified atom stereocenters. The maximum Gasteiger partial charge on any atom is 0.264 e. The lowest BCUT2D eigenvalue weighted by molar-refractivity contribution is -0.134. The Kier molecular flexibility index (Phi) is 6.35. The smallest absolute Gasteiger partial charge is 0.264 e. The topological polar surface area (TPSA) is 49.9 Å². The van der Waals surface area contributed by atoms with Gasteiger partial charge in [-0.25, -0.2) is 0 Å². The molecule has 7 heteroatoms. The number of halogens is 1. The molecule has 30 heavy (non-hydrogen) atoms. The maximum absolute atomic E-state index is 12.5. The van der Waals surface area contributed by atoms with Crippen LogP contribution in [0.25, 0.3) is 11.1 Å². The molecule has 3 aromatic rings. The van der Waals surface area contributed by atoms with E-state index in [2.05, 4.69) is 0 Å². The molecule has 1 fully saturated rings. The molecule has 0 aliphatic carbocycles. The summed E-state index contributed by atoms with van der Waals surface area (Å²) < 4.78 is 5.67. The number of hydrogen-bond donors (Lipinski definition) is 0. The van der Waals surface area contributed by atoms with E-state index >= 15 is 0 Å². The normalized spacial score (nSPS) is 13.9. The molecule has 2 heterocycles. The van der Waals surface area contributed by atoms with Gasteiger partial charge in [-0.15, -0.1) is 11.3 Å². The zero-order valence-electron chi connectivity index (χ0n) is 16.3. The highest BCUT2D eigenvalue weighted by Crippen LogP contribution is 2.30. The zero-order valence-corrected chi connectivity index (χ0v) is 17.9. The van der Waals surface area contributed by atoms with Crippen LogP contribution in [-0.4, -0.2) is 54.4 Å². The van der Waals surface area contributed by atoms with E-state index in [-0.39, 0.29) is 18.4 Å². The molecule has 0 radical (unpaired) electrons. The first-order valence-electron chi connectivity index (χ1n) is 9.70. The van der Waals surface area contributed by atoms with Gasteiger partial charge in [0.1, 0.15) is 5.75 Å². The van der Waals surface area contributed by atoms with Crippen molar-refractivity contribution in [1.29, 1.82) is 0 Å². The summed E-state index contributed by atoms with van der Waals surface area (Å²) in [4.78, 5) is 29.2. The van der Waals surface area contributed by atoms with Crippen LogP contribution < -0.4 is 4.74 Å². The molecule has 2 aromatic carbocycles. The van der Waals surface area contributed by atoms with Crippen LogP contribution >= 0.6 is 22.9 Å². The summed E-state index contributed by atoms with van der Waals surface area (Å²) in [5.41, 5.74) is 2.06. The van der Waals surface area contributed by atoms with E-state index in [1.54, 1.807) is 15.9 Å². The number of benzene rings is 2. The molecule has 0 spiro atoms. The molecular formula is C23H21ClN2O3S. The second-order valence-electron chi connectivity index (χ2n) is 6.95. The monoisotopic (exact) mass is 440 g/mol. The molecule has 5 nitrogen and oxygen atoms in total. The summed E-state index contributed by atoms with van der Waals surface area (Å²) in [6.45, 7) is 1.97. The third-order valence-electron chi connectivity index (χ3n) is 5.04. The van der Waals surface area contributed by atoms with E-state index in [9.17, 15) is 9.59 Å².